The maximum atomic E-state index is 4.14. The van der Waals surface area contributed by atoms with Gasteiger partial charge in [0.25, 0.3) is 0 Å². The summed E-state index contributed by atoms with van der Waals surface area (Å²) in [5.41, 5.74) is 2.74. The largest absolute Gasteiger partial charge is 0.223 e. The Hall–Kier alpha value is -0.760. The molecule has 56 valence electrons. The average Bonchev–Trinajstić information content (AvgIpc) is 2.04. The molecule has 0 aliphatic carbocycles. The monoisotopic (exact) mass is 163 g/mol. The summed E-state index contributed by atoms with van der Waals surface area (Å²) in [4.78, 5) is 1.30. The van der Waals surface area contributed by atoms with Crippen molar-refractivity contribution >= 4 is 18.2 Å². The molecule has 0 radical (unpaired) electrons. The van der Waals surface area contributed by atoms with Crippen LogP contribution in [0.5, 0.6) is 0 Å². The summed E-state index contributed by atoms with van der Waals surface area (Å²) in [5, 5.41) is 0. The maximum Gasteiger partial charge on any atom is 0.0341 e. The van der Waals surface area contributed by atoms with Gasteiger partial charge in [-0.05, 0) is 18.6 Å². The number of nitrogens with zero attached hydrogens (tertiary/aromatic N) is 1. The van der Waals surface area contributed by atoms with E-state index in [0.717, 1.165) is 6.42 Å². The lowest BCUT2D eigenvalue weighted by molar-refractivity contribution is 1.20. The van der Waals surface area contributed by atoms with Crippen LogP contribution in [0.1, 0.15) is 11.1 Å². The van der Waals surface area contributed by atoms with E-state index < -0.39 is 0 Å². The fraction of sp³-hybridized carbons (Fsp3) is 0.222. The Bertz CT molecular complexity index is 304. The molecule has 0 atom stereocenters. The fourth-order valence-corrected chi connectivity index (χ4v) is 1.84. The lowest BCUT2D eigenvalue weighted by Gasteiger charge is -2.08. The van der Waals surface area contributed by atoms with Gasteiger partial charge in [0.2, 0.25) is 0 Å². The molecule has 1 aromatic carbocycles. The molecule has 0 aromatic heterocycles. The topological polar surface area (TPSA) is 12.4 Å². The molecule has 0 unspecified atom stereocenters. The molecule has 0 N–H and O–H groups in total. The second-order valence-electron chi connectivity index (χ2n) is 2.69. The number of hydrogen-bond acceptors (Lipinski definition) is 2. The average molecular weight is 163 g/mol. The lowest BCUT2D eigenvalue weighted by atomic mass is 10.1. The van der Waals surface area contributed by atoms with E-state index >= 15 is 0 Å². The standard InChI is InChI=1S/C9H9NS/c1-7-2-3-9-8(6-7)4-5-10-11-9/h2-3,5-6H,4H2,1H3. The first-order chi connectivity index (χ1) is 5.36. The minimum absolute atomic E-state index is 0.990. The van der Waals surface area contributed by atoms with Crippen LogP contribution >= 0.6 is 11.9 Å². The van der Waals surface area contributed by atoms with Gasteiger partial charge in [0.05, 0.1) is 0 Å². The molecule has 0 fully saturated rings. The van der Waals surface area contributed by atoms with Gasteiger partial charge in [-0.1, -0.05) is 17.7 Å². The van der Waals surface area contributed by atoms with Crippen molar-refractivity contribution in [1.82, 2.24) is 0 Å². The molecular weight excluding hydrogens is 154 g/mol. The van der Waals surface area contributed by atoms with Crippen molar-refractivity contribution in [3.05, 3.63) is 29.3 Å². The predicted octanol–water partition coefficient (Wildman–Crippen LogP) is 2.63. The van der Waals surface area contributed by atoms with Gasteiger partial charge in [0.15, 0.2) is 0 Å². The van der Waals surface area contributed by atoms with E-state index in [1.165, 1.54) is 16.0 Å². The quantitative estimate of drug-likeness (QED) is 0.535. The van der Waals surface area contributed by atoms with Crippen molar-refractivity contribution in [2.45, 2.75) is 18.2 Å². The number of rotatable bonds is 0. The molecule has 1 nitrogen and oxygen atoms in total. The zero-order valence-electron chi connectivity index (χ0n) is 6.37. The first kappa shape index (κ1) is 6.92. The predicted molar refractivity (Wildman–Crippen MR) is 49.2 cm³/mol. The van der Waals surface area contributed by atoms with Crippen LogP contribution < -0.4 is 0 Å². The number of benzene rings is 1. The van der Waals surface area contributed by atoms with Crippen molar-refractivity contribution in [2.24, 2.45) is 4.40 Å². The molecule has 0 saturated heterocycles. The molecule has 0 saturated carbocycles. The Morgan fingerprint density at radius 3 is 3.27 bits per heavy atom. The third-order valence-corrected chi connectivity index (χ3v) is 2.60. The highest BCUT2D eigenvalue weighted by atomic mass is 32.2. The van der Waals surface area contributed by atoms with Crippen LogP contribution in [0.4, 0.5) is 0 Å². The number of hydrogen-bond donors (Lipinski definition) is 0. The van der Waals surface area contributed by atoms with E-state index in [9.17, 15) is 0 Å². The summed E-state index contributed by atoms with van der Waals surface area (Å²) in [6, 6.07) is 6.51. The Morgan fingerprint density at radius 1 is 1.45 bits per heavy atom. The molecule has 1 aliphatic heterocycles. The van der Waals surface area contributed by atoms with Gasteiger partial charge in [0, 0.05) is 29.5 Å². The van der Waals surface area contributed by atoms with Crippen molar-refractivity contribution in [3.8, 4) is 0 Å². The fourth-order valence-electron chi connectivity index (χ4n) is 1.19. The van der Waals surface area contributed by atoms with Gasteiger partial charge in [0.1, 0.15) is 0 Å². The Balaban J connectivity index is 2.48. The lowest BCUT2D eigenvalue weighted by Crippen LogP contribution is -1.93. The summed E-state index contributed by atoms with van der Waals surface area (Å²) in [5.74, 6) is 0. The van der Waals surface area contributed by atoms with Crippen LogP contribution in [0, 0.1) is 6.92 Å². The molecule has 1 heterocycles. The molecule has 0 bridgehead atoms. The van der Waals surface area contributed by atoms with Crippen molar-refractivity contribution in [1.29, 1.82) is 0 Å². The first-order valence-corrected chi connectivity index (χ1v) is 4.42. The van der Waals surface area contributed by atoms with Gasteiger partial charge in [-0.15, -0.1) is 0 Å². The molecule has 11 heavy (non-hydrogen) atoms. The highest BCUT2D eigenvalue weighted by molar-refractivity contribution is 7.98. The minimum atomic E-state index is 0.990. The SMILES string of the molecule is Cc1ccc2c(c1)CC=NS2. The smallest absolute Gasteiger partial charge is 0.0341 e. The van der Waals surface area contributed by atoms with Crippen LogP contribution in [0.3, 0.4) is 0 Å². The van der Waals surface area contributed by atoms with Gasteiger partial charge in [-0.25, -0.2) is 4.40 Å². The van der Waals surface area contributed by atoms with Crippen molar-refractivity contribution < 1.29 is 0 Å². The number of aryl methyl sites for hydroxylation is 1. The summed E-state index contributed by atoms with van der Waals surface area (Å²) in [7, 11) is 0. The molecule has 0 amide bonds. The van der Waals surface area contributed by atoms with E-state index in [0.29, 0.717) is 0 Å². The second kappa shape index (κ2) is 2.70. The van der Waals surface area contributed by atoms with Crippen LogP contribution in [0.25, 0.3) is 0 Å². The molecular formula is C9H9NS. The van der Waals surface area contributed by atoms with E-state index in [1.54, 1.807) is 11.9 Å². The molecule has 1 aromatic rings. The third kappa shape index (κ3) is 1.31. The van der Waals surface area contributed by atoms with Crippen LogP contribution in [-0.4, -0.2) is 6.21 Å². The van der Waals surface area contributed by atoms with E-state index in [4.69, 9.17) is 0 Å². The van der Waals surface area contributed by atoms with E-state index in [2.05, 4.69) is 29.5 Å². The Morgan fingerprint density at radius 2 is 2.36 bits per heavy atom. The van der Waals surface area contributed by atoms with Crippen LogP contribution in [0.15, 0.2) is 27.5 Å². The third-order valence-electron chi connectivity index (χ3n) is 1.75. The Labute approximate surface area is 70.7 Å². The Kier molecular flexibility index (Phi) is 1.70. The van der Waals surface area contributed by atoms with Crippen molar-refractivity contribution in [2.75, 3.05) is 0 Å². The van der Waals surface area contributed by atoms with Gasteiger partial charge < -0.3 is 0 Å². The van der Waals surface area contributed by atoms with Gasteiger partial charge >= 0.3 is 0 Å². The normalized spacial score (nSPS) is 14.6. The highest BCUT2D eigenvalue weighted by Crippen LogP contribution is 2.27. The number of fused-ring (bicyclic) bond motifs is 1. The molecule has 1 aliphatic rings. The van der Waals surface area contributed by atoms with Gasteiger partial charge in [-0.3, -0.25) is 0 Å². The van der Waals surface area contributed by atoms with Crippen molar-refractivity contribution in [3.63, 3.8) is 0 Å². The first-order valence-electron chi connectivity index (χ1n) is 3.64. The van der Waals surface area contributed by atoms with Crippen LogP contribution in [0.2, 0.25) is 0 Å². The summed E-state index contributed by atoms with van der Waals surface area (Å²) < 4.78 is 4.14. The molecule has 2 heteroatoms. The maximum absolute atomic E-state index is 4.14. The van der Waals surface area contributed by atoms with E-state index in [1.807, 2.05) is 6.21 Å². The second-order valence-corrected chi connectivity index (χ2v) is 3.53. The van der Waals surface area contributed by atoms with Crippen LogP contribution in [-0.2, 0) is 6.42 Å². The molecule has 2 rings (SSSR count). The highest BCUT2D eigenvalue weighted by Gasteiger charge is 2.05. The zero-order valence-corrected chi connectivity index (χ0v) is 7.19. The minimum Gasteiger partial charge on any atom is -0.223 e. The summed E-state index contributed by atoms with van der Waals surface area (Å²) in [6.45, 7) is 2.12. The zero-order chi connectivity index (χ0) is 7.68. The summed E-state index contributed by atoms with van der Waals surface area (Å²) in [6.07, 6.45) is 2.95. The van der Waals surface area contributed by atoms with Gasteiger partial charge in [-0.2, -0.15) is 0 Å². The van der Waals surface area contributed by atoms with E-state index in [-0.39, 0.29) is 0 Å². The summed E-state index contributed by atoms with van der Waals surface area (Å²) >= 11 is 1.57. The molecule has 0 spiro atoms.